The van der Waals surface area contributed by atoms with Gasteiger partial charge in [0.1, 0.15) is 0 Å². The first-order chi connectivity index (χ1) is 7.79. The number of rotatable bonds is 3. The van der Waals surface area contributed by atoms with Gasteiger partial charge in [-0.3, -0.25) is 4.79 Å². The highest BCUT2D eigenvalue weighted by Crippen LogP contribution is 2.16. The van der Waals surface area contributed by atoms with Crippen LogP contribution in [0.1, 0.15) is 23.2 Å². The number of hydrogen-bond acceptors (Lipinski definition) is 3. The molecule has 0 aliphatic carbocycles. The third-order valence-corrected chi connectivity index (χ3v) is 3.20. The fourth-order valence-corrected chi connectivity index (χ4v) is 2.19. The number of nitrogens with two attached hydrogens (primary N) is 1. The molecule has 0 saturated carbocycles. The van der Waals surface area contributed by atoms with Gasteiger partial charge < -0.3 is 11.1 Å². The number of nitrogens with one attached hydrogen (secondary N) is 1. The Hall–Kier alpha value is -1.19. The van der Waals surface area contributed by atoms with Gasteiger partial charge in [0.05, 0.1) is 6.04 Å². The summed E-state index contributed by atoms with van der Waals surface area (Å²) < 4.78 is 0. The number of piperidine rings is 1. The first-order valence-corrected chi connectivity index (χ1v) is 5.84. The first-order valence-electron chi connectivity index (χ1n) is 5.84. The van der Waals surface area contributed by atoms with Crippen molar-refractivity contribution < 1.29 is 4.79 Å². The van der Waals surface area contributed by atoms with Crippen molar-refractivity contribution in [1.82, 2.24) is 5.32 Å². The van der Waals surface area contributed by atoms with E-state index in [1.807, 2.05) is 30.3 Å². The third-order valence-electron chi connectivity index (χ3n) is 3.20. The molecule has 1 fully saturated rings. The van der Waals surface area contributed by atoms with Crippen molar-refractivity contribution in [2.45, 2.75) is 18.9 Å². The second kappa shape index (κ2) is 5.23. The van der Waals surface area contributed by atoms with Crippen molar-refractivity contribution in [3.8, 4) is 0 Å². The number of Topliss-reactive ketones (excluding diaryl/α,β-unsaturated/α-hetero) is 1. The van der Waals surface area contributed by atoms with Gasteiger partial charge in [0.25, 0.3) is 0 Å². The Morgan fingerprint density at radius 1 is 1.38 bits per heavy atom. The van der Waals surface area contributed by atoms with E-state index in [1.165, 1.54) is 0 Å². The SMILES string of the molecule is NC(C(=O)c1ccccc1)C1CCCNC1. The fraction of sp³-hybridized carbons (Fsp3) is 0.462. The number of ketones is 1. The van der Waals surface area contributed by atoms with Gasteiger partial charge in [0.15, 0.2) is 5.78 Å². The number of carbonyl (C=O) groups excluding carboxylic acids is 1. The molecule has 16 heavy (non-hydrogen) atoms. The second-order valence-electron chi connectivity index (χ2n) is 4.36. The van der Waals surface area contributed by atoms with Crippen molar-refractivity contribution in [1.29, 1.82) is 0 Å². The van der Waals surface area contributed by atoms with Crippen molar-refractivity contribution in [2.75, 3.05) is 13.1 Å². The molecule has 0 bridgehead atoms. The first kappa shape index (κ1) is 11.3. The zero-order chi connectivity index (χ0) is 11.4. The van der Waals surface area contributed by atoms with Crippen molar-refractivity contribution >= 4 is 5.78 Å². The van der Waals surface area contributed by atoms with Crippen molar-refractivity contribution in [3.63, 3.8) is 0 Å². The maximum atomic E-state index is 12.1. The Balaban J connectivity index is 2.04. The molecule has 1 aliphatic heterocycles. The summed E-state index contributed by atoms with van der Waals surface area (Å²) >= 11 is 0. The maximum absolute atomic E-state index is 12.1. The van der Waals surface area contributed by atoms with Crippen LogP contribution >= 0.6 is 0 Å². The predicted molar refractivity (Wildman–Crippen MR) is 64.3 cm³/mol. The molecule has 2 atom stereocenters. The molecule has 1 saturated heterocycles. The molecule has 0 amide bonds. The Morgan fingerprint density at radius 2 is 2.12 bits per heavy atom. The summed E-state index contributed by atoms with van der Waals surface area (Å²) in [7, 11) is 0. The Bertz CT molecular complexity index is 344. The van der Waals surface area contributed by atoms with Crippen LogP contribution in [0.25, 0.3) is 0 Å². The van der Waals surface area contributed by atoms with E-state index in [0.717, 1.165) is 31.5 Å². The van der Waals surface area contributed by atoms with Crippen LogP contribution in [0, 0.1) is 5.92 Å². The molecule has 0 spiro atoms. The molecule has 3 N–H and O–H groups in total. The molecule has 1 heterocycles. The summed E-state index contributed by atoms with van der Waals surface area (Å²) in [5.74, 6) is 0.343. The van der Waals surface area contributed by atoms with Crippen LogP contribution in [-0.2, 0) is 0 Å². The molecule has 1 aromatic carbocycles. The van der Waals surface area contributed by atoms with E-state index in [0.29, 0.717) is 0 Å². The molecule has 0 aromatic heterocycles. The standard InChI is InChI=1S/C13H18N2O/c14-12(11-7-4-8-15-9-11)13(16)10-5-2-1-3-6-10/h1-3,5-6,11-12,15H,4,7-9,14H2. The minimum absolute atomic E-state index is 0.0642. The molecule has 3 nitrogen and oxygen atoms in total. The van der Waals surface area contributed by atoms with Crippen LogP contribution in [-0.4, -0.2) is 24.9 Å². The van der Waals surface area contributed by atoms with E-state index < -0.39 is 0 Å². The molecule has 3 heteroatoms. The summed E-state index contributed by atoms with van der Waals surface area (Å²) in [5, 5.41) is 3.29. The van der Waals surface area contributed by atoms with Crippen LogP contribution in [0.5, 0.6) is 0 Å². The molecular formula is C13H18N2O. The van der Waals surface area contributed by atoms with E-state index in [9.17, 15) is 4.79 Å². The average molecular weight is 218 g/mol. The molecule has 1 aromatic rings. The lowest BCUT2D eigenvalue weighted by atomic mass is 9.87. The Labute approximate surface area is 96.0 Å². The summed E-state index contributed by atoms with van der Waals surface area (Å²) in [4.78, 5) is 12.1. The molecule has 86 valence electrons. The van der Waals surface area contributed by atoms with Gasteiger partial charge >= 0.3 is 0 Å². The van der Waals surface area contributed by atoms with Crippen LogP contribution in [0.2, 0.25) is 0 Å². The van der Waals surface area contributed by atoms with Gasteiger partial charge in [0.2, 0.25) is 0 Å². The maximum Gasteiger partial charge on any atom is 0.179 e. The van der Waals surface area contributed by atoms with Crippen LogP contribution < -0.4 is 11.1 Å². The van der Waals surface area contributed by atoms with Gasteiger partial charge in [0, 0.05) is 5.56 Å². The third kappa shape index (κ3) is 2.49. The number of carbonyl (C=O) groups is 1. The summed E-state index contributed by atoms with van der Waals surface area (Å²) in [6.45, 7) is 1.91. The quantitative estimate of drug-likeness (QED) is 0.749. The lowest BCUT2D eigenvalue weighted by Crippen LogP contribution is -2.45. The fourth-order valence-electron chi connectivity index (χ4n) is 2.19. The van der Waals surface area contributed by atoms with E-state index in [-0.39, 0.29) is 17.7 Å². The van der Waals surface area contributed by atoms with E-state index in [4.69, 9.17) is 5.73 Å². The van der Waals surface area contributed by atoms with E-state index in [1.54, 1.807) is 0 Å². The van der Waals surface area contributed by atoms with Gasteiger partial charge in [-0.15, -0.1) is 0 Å². The molecule has 1 aliphatic rings. The average Bonchev–Trinajstić information content (AvgIpc) is 2.39. The van der Waals surface area contributed by atoms with Crippen LogP contribution in [0.3, 0.4) is 0 Å². The van der Waals surface area contributed by atoms with Gasteiger partial charge in [-0.05, 0) is 31.8 Å². The minimum atomic E-state index is -0.366. The van der Waals surface area contributed by atoms with E-state index >= 15 is 0 Å². The zero-order valence-corrected chi connectivity index (χ0v) is 9.36. The summed E-state index contributed by atoms with van der Waals surface area (Å²) in [5.41, 5.74) is 6.76. The zero-order valence-electron chi connectivity index (χ0n) is 9.36. The normalized spacial score (nSPS) is 22.7. The Morgan fingerprint density at radius 3 is 2.75 bits per heavy atom. The van der Waals surface area contributed by atoms with Gasteiger partial charge in [-0.25, -0.2) is 0 Å². The summed E-state index contributed by atoms with van der Waals surface area (Å²) in [6.07, 6.45) is 2.16. The second-order valence-corrected chi connectivity index (χ2v) is 4.36. The van der Waals surface area contributed by atoms with Crippen LogP contribution in [0.15, 0.2) is 30.3 Å². The molecule has 0 radical (unpaired) electrons. The summed E-state index contributed by atoms with van der Waals surface area (Å²) in [6, 6.07) is 8.95. The van der Waals surface area contributed by atoms with Gasteiger partial charge in [-0.2, -0.15) is 0 Å². The minimum Gasteiger partial charge on any atom is -0.321 e. The Kier molecular flexibility index (Phi) is 3.70. The molecule has 2 unspecified atom stereocenters. The predicted octanol–water partition coefficient (Wildman–Crippen LogP) is 1.20. The largest absolute Gasteiger partial charge is 0.321 e. The highest BCUT2D eigenvalue weighted by Gasteiger charge is 2.26. The molecule has 2 rings (SSSR count). The topological polar surface area (TPSA) is 55.1 Å². The van der Waals surface area contributed by atoms with Crippen LogP contribution in [0.4, 0.5) is 0 Å². The highest BCUT2D eigenvalue weighted by molar-refractivity contribution is 6.00. The van der Waals surface area contributed by atoms with E-state index in [2.05, 4.69) is 5.32 Å². The van der Waals surface area contributed by atoms with Crippen molar-refractivity contribution in [2.24, 2.45) is 11.7 Å². The molecular weight excluding hydrogens is 200 g/mol. The lowest BCUT2D eigenvalue weighted by Gasteiger charge is -2.27. The highest BCUT2D eigenvalue weighted by atomic mass is 16.1. The number of benzene rings is 1. The smallest absolute Gasteiger partial charge is 0.179 e. The number of hydrogen-bond donors (Lipinski definition) is 2. The van der Waals surface area contributed by atoms with Crippen molar-refractivity contribution in [3.05, 3.63) is 35.9 Å². The lowest BCUT2D eigenvalue weighted by molar-refractivity contribution is 0.0921. The van der Waals surface area contributed by atoms with Gasteiger partial charge in [-0.1, -0.05) is 30.3 Å². The monoisotopic (exact) mass is 218 g/mol.